The Morgan fingerprint density at radius 1 is 1.53 bits per heavy atom. The first-order valence-electron chi connectivity index (χ1n) is 5.85. The minimum atomic E-state index is 0.0246. The fourth-order valence-corrected chi connectivity index (χ4v) is 3.00. The molecule has 84 valence electrons. The molecule has 2 aliphatic rings. The van der Waals surface area contributed by atoms with Gasteiger partial charge in [-0.2, -0.15) is 0 Å². The topological polar surface area (TPSA) is 32.3 Å². The Balaban J connectivity index is 2.07. The predicted octanol–water partition coefficient (Wildman–Crippen LogP) is 2.31. The summed E-state index contributed by atoms with van der Waals surface area (Å²) in [7, 11) is 0. The molecule has 1 aliphatic carbocycles. The summed E-state index contributed by atoms with van der Waals surface area (Å²) in [5.74, 6) is 0.426. The Morgan fingerprint density at radius 3 is 3.07 bits per heavy atom. The molecule has 0 aromatic rings. The number of carbonyl (C=O) groups is 1. The van der Waals surface area contributed by atoms with Crippen molar-refractivity contribution in [2.24, 2.45) is 5.92 Å². The Kier molecular flexibility index (Phi) is 3.24. The monoisotopic (exact) mass is 226 g/mol. The lowest BCUT2D eigenvalue weighted by Gasteiger charge is -2.38. The third kappa shape index (κ3) is 2.00. The number of nitrogens with one attached hydrogen (secondary N) is 1. The van der Waals surface area contributed by atoms with Gasteiger partial charge in [-0.05, 0) is 19.3 Å². The molecule has 4 heteroatoms. The smallest absolute Gasteiger partial charge is 0.321 e. The van der Waals surface area contributed by atoms with Gasteiger partial charge in [0.1, 0.15) is 0 Å². The minimum absolute atomic E-state index is 0.0246. The number of thiocarbonyl (C=S) groups is 1. The number of urea groups is 1. The summed E-state index contributed by atoms with van der Waals surface area (Å²) >= 11 is 5.23. The van der Waals surface area contributed by atoms with Crippen LogP contribution in [-0.4, -0.2) is 28.5 Å². The first-order chi connectivity index (χ1) is 7.24. The van der Waals surface area contributed by atoms with Crippen LogP contribution in [0.1, 0.15) is 39.0 Å². The highest BCUT2D eigenvalue weighted by Crippen LogP contribution is 2.33. The molecule has 1 heterocycles. The van der Waals surface area contributed by atoms with Gasteiger partial charge in [0.2, 0.25) is 0 Å². The van der Waals surface area contributed by atoms with Crippen molar-refractivity contribution in [3.8, 4) is 0 Å². The zero-order valence-electron chi connectivity index (χ0n) is 9.16. The molecule has 0 aromatic heterocycles. The maximum atomic E-state index is 11.8. The van der Waals surface area contributed by atoms with Crippen LogP contribution in [0.15, 0.2) is 0 Å². The zero-order chi connectivity index (χ0) is 10.8. The van der Waals surface area contributed by atoms with Gasteiger partial charge in [0.15, 0.2) is 0 Å². The third-order valence-electron chi connectivity index (χ3n) is 3.46. The lowest BCUT2D eigenvalue weighted by Crippen LogP contribution is -2.57. The number of unbranched alkanes of at least 4 members (excludes halogenated alkanes) is 1. The number of hydrogen-bond acceptors (Lipinski definition) is 2. The first kappa shape index (κ1) is 10.9. The van der Waals surface area contributed by atoms with Gasteiger partial charge in [0, 0.05) is 18.5 Å². The second kappa shape index (κ2) is 4.47. The molecule has 2 amide bonds. The summed E-state index contributed by atoms with van der Waals surface area (Å²) in [6, 6.07) is 0.411. The van der Waals surface area contributed by atoms with Crippen LogP contribution in [0.2, 0.25) is 0 Å². The minimum Gasteiger partial charge on any atom is -0.321 e. The van der Waals surface area contributed by atoms with Crippen molar-refractivity contribution in [2.75, 3.05) is 6.54 Å². The number of nitrogens with zero attached hydrogens (tertiary/aromatic N) is 1. The molecule has 2 atom stereocenters. The molecule has 0 aromatic carbocycles. The van der Waals surface area contributed by atoms with Crippen LogP contribution in [0.5, 0.6) is 0 Å². The van der Waals surface area contributed by atoms with Crippen molar-refractivity contribution in [3.05, 3.63) is 0 Å². The number of rotatable bonds is 3. The highest BCUT2D eigenvalue weighted by Gasteiger charge is 2.41. The molecule has 1 saturated heterocycles. The summed E-state index contributed by atoms with van der Waals surface area (Å²) in [5.41, 5.74) is 0. The molecule has 15 heavy (non-hydrogen) atoms. The normalized spacial score (nSPS) is 30.3. The van der Waals surface area contributed by atoms with E-state index in [0.717, 1.165) is 37.2 Å². The van der Waals surface area contributed by atoms with E-state index in [2.05, 4.69) is 12.2 Å². The second-order valence-corrected chi connectivity index (χ2v) is 4.89. The van der Waals surface area contributed by atoms with E-state index in [1.165, 1.54) is 6.42 Å². The SMILES string of the molecule is CCCCN1C(=O)NC(=S)C2CCCC21. The summed E-state index contributed by atoms with van der Waals surface area (Å²) < 4.78 is 0. The second-order valence-electron chi connectivity index (χ2n) is 4.45. The first-order valence-corrected chi connectivity index (χ1v) is 6.26. The molecule has 1 saturated carbocycles. The largest absolute Gasteiger partial charge is 0.322 e. The summed E-state index contributed by atoms with van der Waals surface area (Å²) in [6.07, 6.45) is 5.69. The summed E-state index contributed by atoms with van der Waals surface area (Å²) in [6.45, 7) is 3.03. The lowest BCUT2D eigenvalue weighted by molar-refractivity contribution is 0.162. The van der Waals surface area contributed by atoms with E-state index < -0.39 is 0 Å². The molecule has 0 radical (unpaired) electrons. The van der Waals surface area contributed by atoms with Crippen molar-refractivity contribution in [1.29, 1.82) is 0 Å². The molecular formula is C11H18N2OS. The quantitative estimate of drug-likeness (QED) is 0.749. The van der Waals surface area contributed by atoms with Gasteiger partial charge in [0.25, 0.3) is 0 Å². The third-order valence-corrected chi connectivity index (χ3v) is 3.86. The van der Waals surface area contributed by atoms with Crippen LogP contribution in [0, 0.1) is 5.92 Å². The maximum absolute atomic E-state index is 11.8. The summed E-state index contributed by atoms with van der Waals surface area (Å²) in [4.78, 5) is 14.6. The van der Waals surface area contributed by atoms with Crippen LogP contribution < -0.4 is 5.32 Å². The fourth-order valence-electron chi connectivity index (χ4n) is 2.64. The van der Waals surface area contributed by atoms with E-state index in [9.17, 15) is 4.79 Å². The number of amides is 2. The van der Waals surface area contributed by atoms with Gasteiger partial charge in [-0.25, -0.2) is 4.79 Å². The number of carbonyl (C=O) groups excluding carboxylic acids is 1. The predicted molar refractivity (Wildman–Crippen MR) is 63.9 cm³/mol. The molecule has 2 unspecified atom stereocenters. The molecule has 0 spiro atoms. The van der Waals surface area contributed by atoms with E-state index in [1.54, 1.807) is 0 Å². The van der Waals surface area contributed by atoms with Gasteiger partial charge >= 0.3 is 6.03 Å². The molecule has 1 aliphatic heterocycles. The van der Waals surface area contributed by atoms with Crippen molar-refractivity contribution in [1.82, 2.24) is 10.2 Å². The lowest BCUT2D eigenvalue weighted by atomic mass is 9.99. The average Bonchev–Trinajstić information content (AvgIpc) is 2.66. The van der Waals surface area contributed by atoms with Gasteiger partial charge in [0.05, 0.1) is 4.99 Å². The van der Waals surface area contributed by atoms with Gasteiger partial charge in [-0.3, -0.25) is 0 Å². The van der Waals surface area contributed by atoms with Crippen LogP contribution in [0.3, 0.4) is 0 Å². The summed E-state index contributed by atoms with van der Waals surface area (Å²) in [5, 5.41) is 2.83. The average molecular weight is 226 g/mol. The van der Waals surface area contributed by atoms with Gasteiger partial charge in [-0.15, -0.1) is 0 Å². The van der Waals surface area contributed by atoms with Crippen molar-refractivity contribution in [2.45, 2.75) is 45.1 Å². The van der Waals surface area contributed by atoms with Crippen LogP contribution in [0.25, 0.3) is 0 Å². The fraction of sp³-hybridized carbons (Fsp3) is 0.818. The molecule has 2 fully saturated rings. The van der Waals surface area contributed by atoms with Crippen LogP contribution >= 0.6 is 12.2 Å². The highest BCUT2D eigenvalue weighted by atomic mass is 32.1. The van der Waals surface area contributed by atoms with Crippen molar-refractivity contribution in [3.63, 3.8) is 0 Å². The molecular weight excluding hydrogens is 208 g/mol. The number of fused-ring (bicyclic) bond motifs is 1. The zero-order valence-corrected chi connectivity index (χ0v) is 9.98. The van der Waals surface area contributed by atoms with Gasteiger partial charge in [-0.1, -0.05) is 32.0 Å². The highest BCUT2D eigenvalue weighted by molar-refractivity contribution is 7.80. The molecule has 2 rings (SSSR count). The van der Waals surface area contributed by atoms with E-state index in [-0.39, 0.29) is 6.03 Å². The maximum Gasteiger partial charge on any atom is 0.322 e. The Morgan fingerprint density at radius 2 is 2.33 bits per heavy atom. The molecule has 0 bridgehead atoms. The number of hydrogen-bond donors (Lipinski definition) is 1. The van der Waals surface area contributed by atoms with E-state index in [1.807, 2.05) is 4.90 Å². The van der Waals surface area contributed by atoms with E-state index in [4.69, 9.17) is 12.2 Å². The standard InChI is InChI=1S/C11H18N2OS/c1-2-3-7-13-9-6-4-5-8(9)10(15)12-11(13)14/h8-9H,2-7H2,1H3,(H,12,14,15). The Bertz CT molecular complexity index is 280. The van der Waals surface area contributed by atoms with Crippen molar-refractivity contribution < 1.29 is 4.79 Å². The Labute approximate surface area is 96.2 Å². The van der Waals surface area contributed by atoms with Crippen LogP contribution in [0.4, 0.5) is 4.79 Å². The molecule has 3 nitrogen and oxygen atoms in total. The van der Waals surface area contributed by atoms with E-state index in [0.29, 0.717) is 12.0 Å². The Hall–Kier alpha value is -0.640. The molecule has 1 N–H and O–H groups in total. The van der Waals surface area contributed by atoms with Crippen molar-refractivity contribution >= 4 is 23.2 Å². The van der Waals surface area contributed by atoms with Gasteiger partial charge < -0.3 is 10.2 Å². The van der Waals surface area contributed by atoms with Crippen LogP contribution in [-0.2, 0) is 0 Å². The van der Waals surface area contributed by atoms with E-state index >= 15 is 0 Å².